The summed E-state index contributed by atoms with van der Waals surface area (Å²) in [4.78, 5) is 24.6. The van der Waals surface area contributed by atoms with Gasteiger partial charge in [0.1, 0.15) is 0 Å². The third kappa shape index (κ3) is 9.66. The zero-order valence-corrected chi connectivity index (χ0v) is 38.3. The molecule has 0 radical (unpaired) electrons. The lowest BCUT2D eigenvalue weighted by molar-refractivity contribution is -0.377. The number of aliphatic hydroxyl groups excluding tert-OH is 1. The van der Waals surface area contributed by atoms with Gasteiger partial charge in [0.2, 0.25) is 0 Å². The van der Waals surface area contributed by atoms with Crippen LogP contribution in [-0.2, 0) is 47.5 Å². The number of carbonyl (C=O) groups is 2. The molecule has 3 N–H and O–H groups in total. The Morgan fingerprint density at radius 1 is 0.883 bits per heavy atom. The number of allylic oxidation sites excluding steroid dienone is 2. The lowest BCUT2D eigenvalue weighted by Crippen LogP contribution is -2.60. The molecule has 0 aromatic rings. The fourth-order valence-corrected chi connectivity index (χ4v) is 11.3. The molecule has 0 aliphatic carbocycles. The van der Waals surface area contributed by atoms with E-state index in [0.29, 0.717) is 49.9 Å². The van der Waals surface area contributed by atoms with E-state index in [1.165, 1.54) is 6.08 Å². The van der Waals surface area contributed by atoms with E-state index in [1.807, 2.05) is 33.8 Å². The smallest absolute Gasteiger partial charge is 0.310 e. The van der Waals surface area contributed by atoms with Crippen molar-refractivity contribution in [1.29, 1.82) is 0 Å². The Hall–Kier alpha value is -1.78. The molecule has 0 amide bonds. The van der Waals surface area contributed by atoms with Crippen LogP contribution in [0.15, 0.2) is 23.3 Å². The SMILES string of the molecule is CO[C@H]1CC[C@H](OC[C@@H]2CC[C@H]([C@]3(C)CC[C@]4(C[C@H](O)[C@@H](C)[C@@H]([C@@H](C)/C=C(\C)C(=O)/C(C)=C/[C@H](C)C(=O)O)O4)O3)O[C@]23O[C@H]([C@H]2O[C@](C)(O)[C@H](C)C[C@@H]2C)C[C@@H]3C)O[C@@H]1C. The van der Waals surface area contributed by atoms with E-state index in [1.54, 1.807) is 34.8 Å². The van der Waals surface area contributed by atoms with Crippen LogP contribution in [0.3, 0.4) is 0 Å². The van der Waals surface area contributed by atoms with Crippen molar-refractivity contribution in [3.63, 3.8) is 0 Å². The molecular weight excluding hydrogens is 773 g/mol. The predicted molar refractivity (Wildman–Crippen MR) is 222 cm³/mol. The van der Waals surface area contributed by atoms with Crippen molar-refractivity contribution in [3.8, 4) is 0 Å². The van der Waals surface area contributed by atoms with Gasteiger partial charge in [-0.05, 0) is 97.1 Å². The number of hydrogen-bond acceptors (Lipinski definition) is 12. The first-order valence-electron chi connectivity index (χ1n) is 22.8. The Bertz CT molecular complexity index is 1600. The number of ether oxygens (including phenoxy) is 8. The second-order valence-electron chi connectivity index (χ2n) is 20.2. The maximum atomic E-state index is 13.2. The summed E-state index contributed by atoms with van der Waals surface area (Å²) in [5.41, 5.74) is 0.109. The summed E-state index contributed by atoms with van der Waals surface area (Å²) in [5, 5.41) is 32.1. The van der Waals surface area contributed by atoms with Crippen LogP contribution < -0.4 is 0 Å². The second kappa shape index (κ2) is 18.4. The van der Waals surface area contributed by atoms with Crippen LogP contribution in [0.1, 0.15) is 134 Å². The van der Waals surface area contributed by atoms with E-state index in [2.05, 4.69) is 20.8 Å². The highest BCUT2D eigenvalue weighted by Crippen LogP contribution is 2.56. The van der Waals surface area contributed by atoms with Gasteiger partial charge in [0.25, 0.3) is 0 Å². The van der Waals surface area contributed by atoms with Crippen LogP contribution in [-0.4, -0.2) is 113 Å². The average Bonchev–Trinajstić information content (AvgIpc) is 3.69. The molecule has 0 aromatic heterocycles. The van der Waals surface area contributed by atoms with Crippen LogP contribution >= 0.6 is 0 Å². The van der Waals surface area contributed by atoms with Crippen LogP contribution in [0.2, 0.25) is 0 Å². The molecule has 6 saturated heterocycles. The van der Waals surface area contributed by atoms with Crippen molar-refractivity contribution in [1.82, 2.24) is 0 Å². The predicted octanol–water partition coefficient (Wildman–Crippen LogP) is 7.10. The second-order valence-corrected chi connectivity index (χ2v) is 20.2. The van der Waals surface area contributed by atoms with Crippen LogP contribution in [0.5, 0.6) is 0 Å². The Morgan fingerprint density at radius 3 is 2.25 bits per heavy atom. The zero-order chi connectivity index (χ0) is 44.1. The first kappa shape index (κ1) is 47.7. The van der Waals surface area contributed by atoms with Crippen LogP contribution in [0, 0.1) is 41.4 Å². The maximum Gasteiger partial charge on any atom is 0.310 e. The molecule has 13 nitrogen and oxygen atoms in total. The fraction of sp³-hybridized carbons (Fsp3) is 0.872. The van der Waals surface area contributed by atoms with E-state index in [4.69, 9.17) is 37.9 Å². The number of rotatable bonds is 12. The minimum atomic E-state index is -1.26. The van der Waals surface area contributed by atoms with Crippen molar-refractivity contribution in [2.24, 2.45) is 41.4 Å². The lowest BCUT2D eigenvalue weighted by atomic mass is 9.77. The Morgan fingerprint density at radius 2 is 1.58 bits per heavy atom. The van der Waals surface area contributed by atoms with Gasteiger partial charge in [0.05, 0.1) is 60.9 Å². The van der Waals surface area contributed by atoms with Crippen molar-refractivity contribution in [3.05, 3.63) is 23.3 Å². The fourth-order valence-electron chi connectivity index (χ4n) is 11.3. The number of carboxylic acid groups (broad SMARTS) is 1. The Labute approximate surface area is 358 Å². The summed E-state index contributed by atoms with van der Waals surface area (Å²) in [6.07, 6.45) is 6.94. The highest BCUT2D eigenvalue weighted by Gasteiger charge is 2.64. The van der Waals surface area contributed by atoms with Crippen molar-refractivity contribution < 1.29 is 62.8 Å². The minimum absolute atomic E-state index is 0.00952. The normalized spacial score (nSPS) is 47.7. The Kier molecular flexibility index (Phi) is 14.6. The van der Waals surface area contributed by atoms with E-state index in [-0.39, 0.29) is 78.1 Å². The summed E-state index contributed by atoms with van der Waals surface area (Å²) >= 11 is 0. The monoisotopic (exact) mass is 849 g/mol. The quantitative estimate of drug-likeness (QED) is 0.170. The molecule has 6 fully saturated rings. The van der Waals surface area contributed by atoms with Gasteiger partial charge in [-0.2, -0.15) is 0 Å². The number of aliphatic hydroxyl groups is 2. The topological polar surface area (TPSA) is 169 Å². The molecule has 60 heavy (non-hydrogen) atoms. The standard InChI is InChI=1S/C47H76O13/c1-25(40(49)26(2)20-29(5)43(50)51)19-27(3)41-32(8)35(48)23-46(59-41)18-17-44(10,60-46)38-15-13-34(24-54-39-16-14-36(53-12)33(9)55-39)47(57-38)31(7)22-37(56-47)42-28(4)21-30(6)45(11,52)58-42/h19-20,27-39,41-42,48,52H,13-18,21-24H2,1-12H3,(H,50,51)/b25-19+,26-20+/t27-,28-,29-,30+,31-,32+,33+,34-,35-,36-,37-,38+,39+,41+,42-,44-,45-,46+,47-/m0/s1. The number of aliphatic carboxylic acids is 1. The maximum absolute atomic E-state index is 13.2. The van der Waals surface area contributed by atoms with E-state index in [9.17, 15) is 24.9 Å². The number of Topliss-reactive ketones (excluding diaryl/α,β-unsaturated/α-hetero) is 1. The van der Waals surface area contributed by atoms with Gasteiger partial charge in [-0.25, -0.2) is 0 Å². The summed E-state index contributed by atoms with van der Waals surface area (Å²) in [7, 11) is 1.72. The highest BCUT2D eigenvalue weighted by molar-refractivity contribution is 6.07. The van der Waals surface area contributed by atoms with E-state index < -0.39 is 47.1 Å². The van der Waals surface area contributed by atoms with Gasteiger partial charge in [-0.3, -0.25) is 9.59 Å². The van der Waals surface area contributed by atoms with Crippen molar-refractivity contribution in [2.45, 2.75) is 206 Å². The number of carboxylic acids is 1. The van der Waals surface area contributed by atoms with Gasteiger partial charge in [-0.1, -0.05) is 46.8 Å². The molecular formula is C47H76O13. The van der Waals surface area contributed by atoms with E-state index >= 15 is 0 Å². The number of ketones is 1. The highest BCUT2D eigenvalue weighted by atomic mass is 16.8. The largest absolute Gasteiger partial charge is 0.481 e. The first-order chi connectivity index (χ1) is 28.0. The van der Waals surface area contributed by atoms with Crippen molar-refractivity contribution >= 4 is 11.8 Å². The molecule has 6 aliphatic heterocycles. The summed E-state index contributed by atoms with van der Waals surface area (Å²) in [6, 6.07) is 0. The molecule has 19 atom stereocenters. The molecule has 2 spiro atoms. The van der Waals surface area contributed by atoms with E-state index in [0.717, 1.165) is 25.7 Å². The Balaban J connectivity index is 1.20. The molecule has 0 unspecified atom stereocenters. The molecule has 342 valence electrons. The van der Waals surface area contributed by atoms with Gasteiger partial charge >= 0.3 is 5.97 Å². The average molecular weight is 849 g/mol. The molecule has 0 aromatic carbocycles. The van der Waals surface area contributed by atoms with Crippen LogP contribution in [0.25, 0.3) is 0 Å². The molecule has 6 heterocycles. The van der Waals surface area contributed by atoms with Gasteiger partial charge in [-0.15, -0.1) is 0 Å². The molecule has 13 heteroatoms. The molecule has 0 saturated carbocycles. The minimum Gasteiger partial charge on any atom is -0.481 e. The van der Waals surface area contributed by atoms with Gasteiger partial charge < -0.3 is 53.2 Å². The van der Waals surface area contributed by atoms with Gasteiger partial charge in [0.15, 0.2) is 29.4 Å². The third-order valence-corrected chi connectivity index (χ3v) is 15.3. The summed E-state index contributed by atoms with van der Waals surface area (Å²) in [5.74, 6) is -5.75. The first-order valence-corrected chi connectivity index (χ1v) is 22.8. The number of carbonyl (C=O) groups excluding carboxylic acids is 1. The summed E-state index contributed by atoms with van der Waals surface area (Å²) < 4.78 is 53.4. The van der Waals surface area contributed by atoms with Gasteiger partial charge in [0, 0.05) is 56.0 Å². The number of hydrogen-bond donors (Lipinski definition) is 3. The molecule has 0 bridgehead atoms. The summed E-state index contributed by atoms with van der Waals surface area (Å²) in [6.45, 7) is 21.5. The zero-order valence-electron chi connectivity index (χ0n) is 38.3. The van der Waals surface area contributed by atoms with Crippen molar-refractivity contribution in [2.75, 3.05) is 13.7 Å². The lowest BCUT2D eigenvalue weighted by Gasteiger charge is -2.52. The molecule has 6 aliphatic rings. The molecule has 6 rings (SSSR count). The number of methoxy groups -OCH3 is 1. The van der Waals surface area contributed by atoms with Crippen LogP contribution in [0.4, 0.5) is 0 Å². The third-order valence-electron chi connectivity index (χ3n) is 15.3.